The molecule has 154 valence electrons. The molecule has 0 aromatic heterocycles. The Morgan fingerprint density at radius 1 is 0.742 bits per heavy atom. The Hall–Kier alpha value is -4.18. The van der Waals surface area contributed by atoms with Crippen molar-refractivity contribution in [2.75, 3.05) is 10.6 Å². The minimum Gasteiger partial charge on any atom is -0.362 e. The highest BCUT2D eigenvalue weighted by molar-refractivity contribution is 6.30. The van der Waals surface area contributed by atoms with Crippen molar-refractivity contribution in [1.29, 1.82) is 0 Å². The summed E-state index contributed by atoms with van der Waals surface area (Å²) in [6, 6.07) is 26.0. The zero-order chi connectivity index (χ0) is 21.7. The van der Waals surface area contributed by atoms with E-state index in [-0.39, 0.29) is 0 Å². The Kier molecular flexibility index (Phi) is 8.15. The van der Waals surface area contributed by atoms with E-state index in [2.05, 4.69) is 27.2 Å². The van der Waals surface area contributed by atoms with E-state index in [0.717, 1.165) is 34.1 Å². The molecule has 0 spiro atoms. The largest absolute Gasteiger partial charge is 0.362 e. The lowest BCUT2D eigenvalue weighted by Crippen LogP contribution is -1.92. The van der Waals surface area contributed by atoms with E-state index in [1.807, 2.05) is 110 Å². The summed E-state index contributed by atoms with van der Waals surface area (Å²) < 4.78 is 0. The van der Waals surface area contributed by atoms with Gasteiger partial charge in [0.2, 0.25) is 0 Å². The molecule has 0 aliphatic rings. The molecule has 3 aromatic carbocycles. The van der Waals surface area contributed by atoms with Crippen LogP contribution in [-0.2, 0) is 0 Å². The van der Waals surface area contributed by atoms with Crippen molar-refractivity contribution in [3.05, 3.63) is 116 Å². The molecule has 0 atom stereocenters. The molecule has 0 bridgehead atoms. The molecule has 4 nitrogen and oxygen atoms in total. The van der Waals surface area contributed by atoms with Gasteiger partial charge in [-0.3, -0.25) is 9.98 Å². The zero-order valence-electron chi connectivity index (χ0n) is 17.6. The van der Waals surface area contributed by atoms with Crippen LogP contribution in [0.4, 0.5) is 28.4 Å². The molecular formula is C27H26N4. The van der Waals surface area contributed by atoms with Gasteiger partial charge in [-0.15, -0.1) is 0 Å². The van der Waals surface area contributed by atoms with Crippen molar-refractivity contribution in [2.45, 2.75) is 6.92 Å². The Balaban J connectivity index is 1.55. The predicted molar refractivity (Wildman–Crippen MR) is 136 cm³/mol. The fraction of sp³-hybridized carbons (Fsp3) is 0.0370. The highest BCUT2D eigenvalue weighted by Crippen LogP contribution is 2.20. The highest BCUT2D eigenvalue weighted by Gasteiger charge is 1.96. The lowest BCUT2D eigenvalue weighted by Gasteiger charge is -2.06. The quantitative estimate of drug-likeness (QED) is 0.284. The van der Waals surface area contributed by atoms with E-state index in [4.69, 9.17) is 0 Å². The Bertz CT molecular complexity index is 1070. The normalized spacial score (nSPS) is 12.0. The van der Waals surface area contributed by atoms with Crippen molar-refractivity contribution >= 4 is 40.4 Å². The number of nitrogens with one attached hydrogen (secondary N) is 2. The number of benzene rings is 3. The summed E-state index contributed by atoms with van der Waals surface area (Å²) in [7, 11) is 0. The minimum absolute atomic E-state index is 0.835. The topological polar surface area (TPSA) is 48.8 Å². The van der Waals surface area contributed by atoms with Crippen LogP contribution in [0.1, 0.15) is 6.92 Å². The average molecular weight is 407 g/mol. The van der Waals surface area contributed by atoms with Crippen LogP contribution in [0, 0.1) is 0 Å². The first-order valence-electron chi connectivity index (χ1n) is 10.1. The molecule has 0 fully saturated rings. The number of nitrogens with zero attached hydrogens (tertiary/aromatic N) is 2. The van der Waals surface area contributed by atoms with Gasteiger partial charge in [0.1, 0.15) is 0 Å². The summed E-state index contributed by atoms with van der Waals surface area (Å²) >= 11 is 0. The number of hydrogen-bond acceptors (Lipinski definition) is 4. The van der Waals surface area contributed by atoms with Gasteiger partial charge in [0.15, 0.2) is 0 Å². The van der Waals surface area contributed by atoms with Crippen molar-refractivity contribution in [1.82, 2.24) is 0 Å². The number of allylic oxidation sites excluding steroid dienone is 4. The molecule has 31 heavy (non-hydrogen) atoms. The monoisotopic (exact) mass is 406 g/mol. The second-order valence-corrected chi connectivity index (χ2v) is 6.72. The molecule has 0 aliphatic carbocycles. The molecule has 0 aliphatic heterocycles. The first-order chi connectivity index (χ1) is 15.2. The number of aliphatic imine (C=N–C) groups is 2. The van der Waals surface area contributed by atoms with Crippen LogP contribution < -0.4 is 10.6 Å². The SMILES string of the molecule is C=C/C=C\C=CNc1ccc(N=C(C)C=Nc2ccc(Nc3ccccc3)cc2)cc1. The molecule has 0 unspecified atom stereocenters. The maximum Gasteiger partial charge on any atom is 0.0635 e. The van der Waals surface area contributed by atoms with Gasteiger partial charge in [-0.25, -0.2) is 0 Å². The second kappa shape index (κ2) is 11.7. The summed E-state index contributed by atoms with van der Waals surface area (Å²) in [5.74, 6) is 0. The van der Waals surface area contributed by atoms with Crippen LogP contribution in [0.25, 0.3) is 0 Å². The summed E-state index contributed by atoms with van der Waals surface area (Å²) in [6.07, 6.45) is 11.1. The number of para-hydroxylation sites is 1. The van der Waals surface area contributed by atoms with Crippen LogP contribution in [0.3, 0.4) is 0 Å². The third-order valence-electron chi connectivity index (χ3n) is 4.21. The van der Waals surface area contributed by atoms with Crippen molar-refractivity contribution in [3.8, 4) is 0 Å². The summed E-state index contributed by atoms with van der Waals surface area (Å²) in [5, 5.41) is 6.57. The third-order valence-corrected chi connectivity index (χ3v) is 4.21. The number of rotatable bonds is 9. The first kappa shape index (κ1) is 21.5. The molecule has 4 heteroatoms. The van der Waals surface area contributed by atoms with E-state index >= 15 is 0 Å². The standard InChI is InChI=1S/C27H26N4/c1-3-4-5-9-20-28-23-12-16-26(17-13-23)30-22(2)21-29-24-14-18-27(19-15-24)31-25-10-7-6-8-11-25/h3-21,28,31H,1H2,2H3/b5-4-,20-9?,29-21?,30-22?. The molecule has 0 heterocycles. The number of anilines is 3. The van der Waals surface area contributed by atoms with Crippen LogP contribution in [-0.4, -0.2) is 11.9 Å². The van der Waals surface area contributed by atoms with Gasteiger partial charge in [0.05, 0.1) is 17.1 Å². The van der Waals surface area contributed by atoms with E-state index in [1.165, 1.54) is 0 Å². The van der Waals surface area contributed by atoms with Crippen molar-refractivity contribution < 1.29 is 0 Å². The molecule has 3 aromatic rings. The molecule has 0 amide bonds. The van der Waals surface area contributed by atoms with Crippen molar-refractivity contribution in [3.63, 3.8) is 0 Å². The molecule has 0 saturated heterocycles. The fourth-order valence-electron chi connectivity index (χ4n) is 2.69. The van der Waals surface area contributed by atoms with Gasteiger partial charge in [-0.2, -0.15) is 0 Å². The minimum atomic E-state index is 0.835. The molecule has 0 radical (unpaired) electrons. The summed E-state index contributed by atoms with van der Waals surface area (Å²) in [6.45, 7) is 5.57. The Morgan fingerprint density at radius 2 is 1.39 bits per heavy atom. The van der Waals surface area contributed by atoms with Gasteiger partial charge in [-0.05, 0) is 73.7 Å². The Labute approximate surface area is 184 Å². The predicted octanol–water partition coefficient (Wildman–Crippen LogP) is 7.59. The van der Waals surface area contributed by atoms with Crippen LogP contribution >= 0.6 is 0 Å². The van der Waals surface area contributed by atoms with E-state index in [1.54, 1.807) is 12.3 Å². The maximum atomic E-state index is 4.60. The fourth-order valence-corrected chi connectivity index (χ4v) is 2.69. The summed E-state index contributed by atoms with van der Waals surface area (Å²) in [4.78, 5) is 9.11. The van der Waals surface area contributed by atoms with Gasteiger partial charge in [0, 0.05) is 29.5 Å². The number of hydrogen-bond donors (Lipinski definition) is 2. The van der Waals surface area contributed by atoms with E-state index in [0.29, 0.717) is 0 Å². The second-order valence-electron chi connectivity index (χ2n) is 6.72. The lowest BCUT2D eigenvalue weighted by atomic mass is 10.2. The summed E-state index contributed by atoms with van der Waals surface area (Å²) in [5.41, 5.74) is 5.68. The smallest absolute Gasteiger partial charge is 0.0635 e. The molecular weight excluding hydrogens is 380 g/mol. The lowest BCUT2D eigenvalue weighted by molar-refractivity contribution is 1.48. The van der Waals surface area contributed by atoms with Gasteiger partial charge >= 0.3 is 0 Å². The zero-order valence-corrected chi connectivity index (χ0v) is 17.6. The van der Waals surface area contributed by atoms with Gasteiger partial charge in [-0.1, -0.05) is 43.0 Å². The molecule has 0 saturated carbocycles. The maximum absolute atomic E-state index is 4.60. The van der Waals surface area contributed by atoms with E-state index in [9.17, 15) is 0 Å². The van der Waals surface area contributed by atoms with E-state index < -0.39 is 0 Å². The van der Waals surface area contributed by atoms with Crippen LogP contribution in [0.2, 0.25) is 0 Å². The average Bonchev–Trinajstić information content (AvgIpc) is 2.80. The molecule has 2 N–H and O–H groups in total. The van der Waals surface area contributed by atoms with Gasteiger partial charge < -0.3 is 10.6 Å². The molecule has 3 rings (SSSR count). The highest BCUT2D eigenvalue weighted by atomic mass is 14.9. The van der Waals surface area contributed by atoms with Crippen LogP contribution in [0.15, 0.2) is 126 Å². The van der Waals surface area contributed by atoms with Crippen molar-refractivity contribution in [2.24, 2.45) is 9.98 Å². The van der Waals surface area contributed by atoms with Gasteiger partial charge in [0.25, 0.3) is 0 Å². The van der Waals surface area contributed by atoms with Crippen LogP contribution in [0.5, 0.6) is 0 Å². The first-order valence-corrected chi connectivity index (χ1v) is 10.1. The third kappa shape index (κ3) is 7.63. The Morgan fingerprint density at radius 3 is 2.10 bits per heavy atom.